The van der Waals surface area contributed by atoms with Crippen LogP contribution in [-0.2, 0) is 39.5 Å². The monoisotopic (exact) mass is 708 g/mol. The molecule has 1 heterocycles. The minimum absolute atomic E-state index is 0.0538. The fourth-order valence-electron chi connectivity index (χ4n) is 8.34. The van der Waals surface area contributed by atoms with Gasteiger partial charge in [-0.05, 0) is 75.9 Å². The van der Waals surface area contributed by atoms with Crippen LogP contribution in [0.2, 0.25) is 18.1 Å². The van der Waals surface area contributed by atoms with E-state index in [0.717, 1.165) is 11.3 Å². The van der Waals surface area contributed by atoms with Crippen molar-refractivity contribution in [2.24, 2.45) is 23.2 Å². The molecule has 4 unspecified atom stereocenters. The van der Waals surface area contributed by atoms with Crippen molar-refractivity contribution in [3.8, 4) is 5.75 Å². The number of benzene rings is 1. The van der Waals surface area contributed by atoms with Crippen LogP contribution < -0.4 is 4.74 Å². The average Bonchev–Trinajstić information content (AvgIpc) is 3.46. The number of carbonyl (C=O) groups is 1. The van der Waals surface area contributed by atoms with E-state index in [4.69, 9.17) is 32.8 Å². The number of hydrogen-bond donors (Lipinski definition) is 2. The van der Waals surface area contributed by atoms with Crippen LogP contribution in [0.4, 0.5) is 0 Å². The molecule has 2 saturated carbocycles. The van der Waals surface area contributed by atoms with Crippen molar-refractivity contribution in [3.05, 3.63) is 29.8 Å². The third-order valence-electron chi connectivity index (χ3n) is 12.4. The number of rotatable bonds is 12. The van der Waals surface area contributed by atoms with Gasteiger partial charge in [0.25, 0.3) is 0 Å². The highest BCUT2D eigenvalue weighted by Gasteiger charge is 2.67. The summed E-state index contributed by atoms with van der Waals surface area (Å²) in [6.07, 6.45) is -2.02. The summed E-state index contributed by atoms with van der Waals surface area (Å²) in [5, 5.41) is 24.4. The first-order valence-electron chi connectivity index (χ1n) is 17.9. The molecule has 1 aromatic carbocycles. The zero-order valence-corrected chi connectivity index (χ0v) is 33.3. The zero-order chi connectivity index (χ0) is 36.8. The minimum Gasteiger partial charge on any atom is -0.497 e. The first-order chi connectivity index (χ1) is 22.6. The number of methoxy groups -OCH3 is 2. The summed E-state index contributed by atoms with van der Waals surface area (Å²) in [5.41, 5.74) is -2.43. The maximum atomic E-state index is 14.9. The van der Waals surface area contributed by atoms with Crippen molar-refractivity contribution >= 4 is 14.1 Å². The van der Waals surface area contributed by atoms with Crippen molar-refractivity contribution in [1.29, 1.82) is 0 Å². The van der Waals surface area contributed by atoms with Crippen LogP contribution in [0.5, 0.6) is 5.75 Å². The van der Waals surface area contributed by atoms with Crippen molar-refractivity contribution in [2.45, 2.75) is 148 Å². The summed E-state index contributed by atoms with van der Waals surface area (Å²) in [4.78, 5) is 14.9. The molecule has 3 fully saturated rings. The Bertz CT molecular complexity index is 1270. The van der Waals surface area contributed by atoms with Gasteiger partial charge in [0.1, 0.15) is 30.4 Å². The predicted molar refractivity (Wildman–Crippen MR) is 190 cm³/mol. The number of aliphatic hydroxyl groups excluding tert-OH is 1. The number of hydrogen-bond acceptors (Lipinski definition) is 10. The highest BCUT2D eigenvalue weighted by Crippen LogP contribution is 2.59. The van der Waals surface area contributed by atoms with Crippen LogP contribution in [0, 0.1) is 23.2 Å². The molecule has 3 aliphatic rings. The number of ketones is 1. The molecular formula is C38H64O10Si. The van der Waals surface area contributed by atoms with Crippen molar-refractivity contribution in [1.82, 2.24) is 0 Å². The molecule has 0 radical (unpaired) electrons. The SMILES string of the molecule is COCO[C@H]1C(=O)[C@@H](C)[C@@H]([C@@]2(C(OCc3ccc(OC)cc3)C(C)O)COC(C)(C)O2)C[C@H](O[Si](C)(C)C(C)(C)C)C2(O)CCC1C2(C)C. The van der Waals surface area contributed by atoms with Gasteiger partial charge in [0.2, 0.25) is 0 Å². The molecule has 0 amide bonds. The molecule has 2 bridgehead atoms. The third kappa shape index (κ3) is 7.71. The number of aliphatic hydroxyl groups is 2. The van der Waals surface area contributed by atoms with E-state index in [1.807, 2.05) is 58.9 Å². The number of ether oxygens (including phenoxy) is 6. The van der Waals surface area contributed by atoms with Gasteiger partial charge in [-0.15, -0.1) is 0 Å². The van der Waals surface area contributed by atoms with E-state index in [0.29, 0.717) is 12.8 Å². The normalized spacial score (nSPS) is 34.6. The van der Waals surface area contributed by atoms with E-state index in [1.54, 1.807) is 21.1 Å². The van der Waals surface area contributed by atoms with Gasteiger partial charge in [-0.3, -0.25) is 4.79 Å². The lowest BCUT2D eigenvalue weighted by Crippen LogP contribution is -2.62. The Hall–Kier alpha value is -1.41. The summed E-state index contributed by atoms with van der Waals surface area (Å²) >= 11 is 0. The third-order valence-corrected chi connectivity index (χ3v) is 16.9. The fraction of sp³-hybridized carbons (Fsp3) is 0.816. The van der Waals surface area contributed by atoms with Crippen LogP contribution in [0.25, 0.3) is 0 Å². The van der Waals surface area contributed by atoms with Crippen molar-refractivity contribution in [2.75, 3.05) is 27.6 Å². The minimum atomic E-state index is -2.47. The van der Waals surface area contributed by atoms with Gasteiger partial charge in [0.05, 0.1) is 38.1 Å². The van der Waals surface area contributed by atoms with Gasteiger partial charge < -0.3 is 43.1 Å². The summed E-state index contributed by atoms with van der Waals surface area (Å²) in [6, 6.07) is 7.57. The Labute approximate surface area is 295 Å². The maximum absolute atomic E-state index is 14.9. The van der Waals surface area contributed by atoms with Crippen LogP contribution >= 0.6 is 0 Å². The number of carbonyl (C=O) groups excluding carboxylic acids is 1. The second-order valence-corrected chi connectivity index (χ2v) is 22.0. The predicted octanol–water partition coefficient (Wildman–Crippen LogP) is 6.25. The van der Waals surface area contributed by atoms with Gasteiger partial charge in [-0.1, -0.05) is 53.7 Å². The second-order valence-electron chi connectivity index (χ2n) is 17.3. The molecule has 10 nitrogen and oxygen atoms in total. The first-order valence-corrected chi connectivity index (χ1v) is 20.8. The van der Waals surface area contributed by atoms with E-state index in [9.17, 15) is 15.0 Å². The number of Topliss-reactive ketones (excluding diaryl/α,β-unsaturated/α-hetero) is 1. The summed E-state index contributed by atoms with van der Waals surface area (Å²) in [6.45, 7) is 22.5. The van der Waals surface area contributed by atoms with Crippen molar-refractivity contribution in [3.63, 3.8) is 0 Å². The van der Waals surface area contributed by atoms with E-state index in [1.165, 1.54) is 0 Å². The summed E-state index contributed by atoms with van der Waals surface area (Å²) in [7, 11) is 0.689. The van der Waals surface area contributed by atoms with Crippen LogP contribution in [0.3, 0.4) is 0 Å². The maximum Gasteiger partial charge on any atom is 0.192 e. The van der Waals surface area contributed by atoms with Gasteiger partial charge in [-0.2, -0.15) is 0 Å². The molecule has 2 N–H and O–H groups in total. The molecule has 1 aliphatic heterocycles. The fourth-order valence-corrected chi connectivity index (χ4v) is 9.70. The largest absolute Gasteiger partial charge is 0.497 e. The number of fused-ring (bicyclic) bond motifs is 2. The molecule has 280 valence electrons. The topological polar surface area (TPSA) is 122 Å². The Morgan fingerprint density at radius 3 is 2.20 bits per heavy atom. The van der Waals surface area contributed by atoms with E-state index in [-0.39, 0.29) is 43.2 Å². The highest BCUT2D eigenvalue weighted by atomic mass is 28.4. The first kappa shape index (κ1) is 40.4. The summed E-state index contributed by atoms with van der Waals surface area (Å²) in [5.74, 6) is -1.92. The Kier molecular flexibility index (Phi) is 12.0. The molecule has 1 aromatic rings. The second kappa shape index (κ2) is 14.5. The highest BCUT2D eigenvalue weighted by molar-refractivity contribution is 6.74. The molecular weight excluding hydrogens is 644 g/mol. The molecule has 11 heteroatoms. The zero-order valence-electron chi connectivity index (χ0n) is 32.3. The molecule has 0 aromatic heterocycles. The molecule has 1 saturated heterocycles. The van der Waals surface area contributed by atoms with Gasteiger partial charge in [0.15, 0.2) is 19.9 Å². The average molecular weight is 709 g/mol. The Balaban J connectivity index is 1.90. The lowest BCUT2D eigenvalue weighted by atomic mass is 9.66. The van der Waals surface area contributed by atoms with Crippen LogP contribution in [-0.4, -0.2) is 93.3 Å². The lowest BCUT2D eigenvalue weighted by molar-refractivity contribution is -0.238. The van der Waals surface area contributed by atoms with Gasteiger partial charge >= 0.3 is 0 Å². The molecule has 9 atom stereocenters. The Morgan fingerprint density at radius 1 is 1.06 bits per heavy atom. The molecule has 49 heavy (non-hydrogen) atoms. The van der Waals surface area contributed by atoms with Crippen LogP contribution in [0.15, 0.2) is 24.3 Å². The van der Waals surface area contributed by atoms with E-state index >= 15 is 0 Å². The summed E-state index contributed by atoms with van der Waals surface area (Å²) < 4.78 is 44.1. The van der Waals surface area contributed by atoms with E-state index < -0.39 is 67.0 Å². The smallest absolute Gasteiger partial charge is 0.192 e. The van der Waals surface area contributed by atoms with Crippen molar-refractivity contribution < 1.29 is 47.9 Å². The quantitative estimate of drug-likeness (QED) is 0.190. The molecule has 0 spiro atoms. The lowest BCUT2D eigenvalue weighted by Gasteiger charge is -2.52. The van der Waals surface area contributed by atoms with Gasteiger partial charge in [-0.25, -0.2) is 0 Å². The molecule has 2 aliphatic carbocycles. The molecule has 4 rings (SSSR count). The van der Waals surface area contributed by atoms with E-state index in [2.05, 4.69) is 33.9 Å². The standard InChI is InChI=1S/C38H64O10Si/c1-24-29(37(22-46-36(8,9)48-37)33(25(2)39)44-21-26-14-16-27(43-11)17-15-26)20-30(47-49(12,13)34(3,4)5)38(41)19-18-28(35(38,6)7)32(31(24)40)45-23-42-10/h14-17,24-25,28-30,32-33,39,41H,18-23H2,1-13H3/t24-,25?,28?,29-,30-,32+,33?,37+,38?/m0/s1. The Morgan fingerprint density at radius 2 is 1.69 bits per heavy atom. The van der Waals surface area contributed by atoms with Crippen LogP contribution in [0.1, 0.15) is 87.1 Å². The van der Waals surface area contributed by atoms with Gasteiger partial charge in [0, 0.05) is 30.3 Å².